The molecule has 8 heteroatoms. The summed E-state index contributed by atoms with van der Waals surface area (Å²) in [6.45, 7) is 3.28. The molecule has 0 radical (unpaired) electrons. The first-order chi connectivity index (χ1) is 15.3. The summed E-state index contributed by atoms with van der Waals surface area (Å²) in [5.74, 6) is -1.05. The third-order valence-corrected chi connectivity index (χ3v) is 6.43. The second kappa shape index (κ2) is 10.1. The van der Waals surface area contributed by atoms with Crippen molar-refractivity contribution < 1.29 is 22.7 Å². The number of sulfonamides is 1. The number of ether oxygens (including phenoxy) is 1. The number of hydrogen-bond donors (Lipinski definition) is 1. The van der Waals surface area contributed by atoms with Gasteiger partial charge in [0.2, 0.25) is 5.91 Å². The molecule has 0 bridgehead atoms. The fourth-order valence-electron chi connectivity index (χ4n) is 3.13. The summed E-state index contributed by atoms with van der Waals surface area (Å²) in [5.41, 5.74) is 1.77. The number of anilines is 2. The highest BCUT2D eigenvalue weighted by atomic mass is 32.2. The van der Waals surface area contributed by atoms with Crippen molar-refractivity contribution in [3.8, 4) is 0 Å². The largest absolute Gasteiger partial charge is 0.462 e. The van der Waals surface area contributed by atoms with Gasteiger partial charge in [-0.15, -0.1) is 0 Å². The normalized spacial score (nSPS) is 10.9. The van der Waals surface area contributed by atoms with Crippen molar-refractivity contribution in [2.45, 2.75) is 18.7 Å². The number of esters is 1. The molecule has 0 saturated heterocycles. The van der Waals surface area contributed by atoms with Crippen LogP contribution in [0.2, 0.25) is 0 Å². The van der Waals surface area contributed by atoms with Gasteiger partial charge in [0.15, 0.2) is 0 Å². The van der Waals surface area contributed by atoms with Crippen LogP contribution in [0.4, 0.5) is 11.4 Å². The van der Waals surface area contributed by atoms with E-state index in [-0.39, 0.29) is 17.1 Å². The van der Waals surface area contributed by atoms with E-state index in [0.717, 1.165) is 4.31 Å². The van der Waals surface area contributed by atoms with Crippen molar-refractivity contribution in [2.24, 2.45) is 0 Å². The Morgan fingerprint density at radius 1 is 0.938 bits per heavy atom. The van der Waals surface area contributed by atoms with Gasteiger partial charge in [0.05, 0.1) is 22.8 Å². The van der Waals surface area contributed by atoms with Crippen LogP contribution >= 0.6 is 0 Å². The monoisotopic (exact) mass is 452 g/mol. The minimum atomic E-state index is -3.99. The van der Waals surface area contributed by atoms with E-state index in [1.54, 1.807) is 74.5 Å². The molecule has 0 aliphatic carbocycles. The van der Waals surface area contributed by atoms with E-state index in [4.69, 9.17) is 4.74 Å². The van der Waals surface area contributed by atoms with Gasteiger partial charge in [-0.25, -0.2) is 13.2 Å². The fraction of sp³-hybridized carbons (Fsp3) is 0.167. The number of rotatable bonds is 8. The van der Waals surface area contributed by atoms with Gasteiger partial charge in [0, 0.05) is 5.69 Å². The number of hydrogen-bond acceptors (Lipinski definition) is 5. The Kier molecular flexibility index (Phi) is 7.27. The summed E-state index contributed by atoms with van der Waals surface area (Å²) in [4.78, 5) is 24.9. The van der Waals surface area contributed by atoms with E-state index in [9.17, 15) is 18.0 Å². The van der Waals surface area contributed by atoms with E-state index in [0.29, 0.717) is 16.9 Å². The second-order valence-electron chi connectivity index (χ2n) is 6.96. The SMILES string of the molecule is CCOC(=O)c1cccc(NC(=O)CN(c2ccccc2C)S(=O)(=O)c2ccccc2)c1. The first kappa shape index (κ1) is 23.0. The predicted octanol–water partition coefficient (Wildman–Crippen LogP) is 4.01. The number of amides is 1. The number of aryl methyl sites for hydroxylation is 1. The zero-order chi connectivity index (χ0) is 23.1. The van der Waals surface area contributed by atoms with Crippen molar-refractivity contribution in [1.82, 2.24) is 0 Å². The highest BCUT2D eigenvalue weighted by Gasteiger charge is 2.28. The summed E-state index contributed by atoms with van der Waals surface area (Å²) in [6.07, 6.45) is 0. The quantitative estimate of drug-likeness (QED) is 0.522. The van der Waals surface area contributed by atoms with E-state index < -0.39 is 28.4 Å². The van der Waals surface area contributed by atoms with Gasteiger partial charge >= 0.3 is 5.97 Å². The summed E-state index contributed by atoms with van der Waals surface area (Å²) < 4.78 is 32.8. The number of nitrogens with one attached hydrogen (secondary N) is 1. The third-order valence-electron chi connectivity index (χ3n) is 4.66. The number of carbonyl (C=O) groups excluding carboxylic acids is 2. The lowest BCUT2D eigenvalue weighted by molar-refractivity contribution is -0.114. The van der Waals surface area contributed by atoms with Gasteiger partial charge in [-0.05, 0) is 55.8 Å². The predicted molar refractivity (Wildman–Crippen MR) is 123 cm³/mol. The Labute approximate surface area is 187 Å². The Morgan fingerprint density at radius 3 is 2.31 bits per heavy atom. The lowest BCUT2D eigenvalue weighted by Gasteiger charge is -2.25. The summed E-state index contributed by atoms with van der Waals surface area (Å²) >= 11 is 0. The van der Waals surface area contributed by atoms with Crippen LogP contribution in [0.25, 0.3) is 0 Å². The summed E-state index contributed by atoms with van der Waals surface area (Å²) in [7, 11) is -3.99. The standard InChI is InChI=1S/C24H24N2O5S/c1-3-31-24(28)19-11-9-12-20(16-19)25-23(27)17-26(22-15-8-7-10-18(22)2)32(29,30)21-13-5-4-6-14-21/h4-16H,3,17H2,1-2H3,(H,25,27). The molecule has 1 amide bonds. The van der Waals surface area contributed by atoms with E-state index in [2.05, 4.69) is 5.32 Å². The maximum absolute atomic E-state index is 13.4. The van der Waals surface area contributed by atoms with Gasteiger partial charge in [-0.3, -0.25) is 9.10 Å². The molecule has 3 aromatic rings. The van der Waals surface area contributed by atoms with Crippen LogP contribution in [0.15, 0.2) is 83.8 Å². The van der Waals surface area contributed by atoms with Crippen molar-refractivity contribution in [2.75, 3.05) is 22.8 Å². The highest BCUT2D eigenvalue weighted by molar-refractivity contribution is 7.92. The Balaban J connectivity index is 1.89. The van der Waals surface area contributed by atoms with Crippen LogP contribution < -0.4 is 9.62 Å². The smallest absolute Gasteiger partial charge is 0.338 e. The van der Waals surface area contributed by atoms with Crippen LogP contribution in [0.3, 0.4) is 0 Å². The molecule has 0 aliphatic rings. The molecule has 32 heavy (non-hydrogen) atoms. The van der Waals surface area contributed by atoms with Crippen LogP contribution in [0.1, 0.15) is 22.8 Å². The molecule has 0 spiro atoms. The number of carbonyl (C=O) groups is 2. The summed E-state index contributed by atoms with van der Waals surface area (Å²) in [6, 6.07) is 21.2. The maximum atomic E-state index is 13.4. The van der Waals surface area contributed by atoms with E-state index in [1.165, 1.54) is 18.2 Å². The lowest BCUT2D eigenvalue weighted by Crippen LogP contribution is -2.38. The molecule has 3 rings (SSSR count). The van der Waals surface area contributed by atoms with E-state index >= 15 is 0 Å². The van der Waals surface area contributed by atoms with Gasteiger partial charge in [-0.1, -0.05) is 42.5 Å². The number of para-hydroxylation sites is 1. The Hall–Kier alpha value is -3.65. The van der Waals surface area contributed by atoms with Crippen LogP contribution in [-0.4, -0.2) is 33.4 Å². The average molecular weight is 453 g/mol. The molecule has 7 nitrogen and oxygen atoms in total. The minimum absolute atomic E-state index is 0.0837. The van der Waals surface area contributed by atoms with Crippen LogP contribution in [0, 0.1) is 6.92 Å². The van der Waals surface area contributed by atoms with E-state index in [1.807, 2.05) is 0 Å². The van der Waals surface area contributed by atoms with Crippen molar-refractivity contribution in [3.05, 3.63) is 90.0 Å². The molecule has 0 saturated carbocycles. The number of benzene rings is 3. The molecule has 0 atom stereocenters. The summed E-state index contributed by atoms with van der Waals surface area (Å²) in [5, 5.41) is 2.67. The Morgan fingerprint density at radius 2 is 1.62 bits per heavy atom. The third kappa shape index (κ3) is 5.33. The molecule has 166 valence electrons. The molecule has 0 fully saturated rings. The number of nitrogens with zero attached hydrogens (tertiary/aromatic N) is 1. The van der Waals surface area contributed by atoms with Crippen molar-refractivity contribution >= 4 is 33.3 Å². The van der Waals surface area contributed by atoms with Gasteiger partial charge in [0.1, 0.15) is 6.54 Å². The van der Waals surface area contributed by atoms with Crippen molar-refractivity contribution in [1.29, 1.82) is 0 Å². The fourth-order valence-corrected chi connectivity index (χ4v) is 4.64. The van der Waals surface area contributed by atoms with Gasteiger partial charge in [0.25, 0.3) is 10.0 Å². The molecule has 1 N–H and O–H groups in total. The zero-order valence-corrected chi connectivity index (χ0v) is 18.6. The van der Waals surface area contributed by atoms with Crippen LogP contribution in [-0.2, 0) is 19.6 Å². The van der Waals surface area contributed by atoms with Crippen LogP contribution in [0.5, 0.6) is 0 Å². The van der Waals surface area contributed by atoms with Gasteiger partial charge < -0.3 is 10.1 Å². The molecule has 0 unspecified atom stereocenters. The molecule has 0 aliphatic heterocycles. The average Bonchev–Trinajstić information content (AvgIpc) is 2.79. The molecular formula is C24H24N2O5S. The Bertz CT molecular complexity index is 1210. The van der Waals surface area contributed by atoms with Gasteiger partial charge in [-0.2, -0.15) is 0 Å². The lowest BCUT2D eigenvalue weighted by atomic mass is 10.2. The maximum Gasteiger partial charge on any atom is 0.338 e. The minimum Gasteiger partial charge on any atom is -0.462 e. The molecule has 0 heterocycles. The molecule has 0 aromatic heterocycles. The first-order valence-corrected chi connectivity index (χ1v) is 11.5. The first-order valence-electron chi connectivity index (χ1n) is 10.0. The highest BCUT2D eigenvalue weighted by Crippen LogP contribution is 2.26. The topological polar surface area (TPSA) is 92.8 Å². The second-order valence-corrected chi connectivity index (χ2v) is 8.82. The van der Waals surface area contributed by atoms with Crippen molar-refractivity contribution in [3.63, 3.8) is 0 Å². The molecule has 3 aromatic carbocycles. The molecular weight excluding hydrogens is 428 g/mol. The zero-order valence-electron chi connectivity index (χ0n) is 17.8.